The van der Waals surface area contributed by atoms with E-state index in [1.165, 1.54) is 0 Å². The van der Waals surface area contributed by atoms with Crippen molar-refractivity contribution in [2.45, 2.75) is 26.4 Å². The van der Waals surface area contributed by atoms with Crippen molar-refractivity contribution in [3.8, 4) is 5.75 Å². The van der Waals surface area contributed by atoms with Crippen LogP contribution in [0.5, 0.6) is 5.75 Å². The highest BCUT2D eigenvalue weighted by Gasteiger charge is 2.41. The van der Waals surface area contributed by atoms with E-state index in [-0.39, 0.29) is 5.60 Å². The zero-order valence-corrected chi connectivity index (χ0v) is 15.6. The number of rotatable bonds is 4. The van der Waals surface area contributed by atoms with Gasteiger partial charge in [-0.15, -0.1) is 0 Å². The van der Waals surface area contributed by atoms with Crippen molar-refractivity contribution in [3.63, 3.8) is 0 Å². The Kier molecular flexibility index (Phi) is 5.14. The molecule has 0 aliphatic carbocycles. The van der Waals surface area contributed by atoms with E-state index in [1.54, 1.807) is 48.5 Å². The summed E-state index contributed by atoms with van der Waals surface area (Å²) in [6.45, 7) is 5.84. The highest BCUT2D eigenvalue weighted by Crippen LogP contribution is 2.16. The lowest BCUT2D eigenvalue weighted by molar-refractivity contribution is -0.721. The van der Waals surface area contributed by atoms with Crippen molar-refractivity contribution in [1.82, 2.24) is 0 Å². The monoisotopic (exact) mass is 434 g/mol. The van der Waals surface area contributed by atoms with Gasteiger partial charge in [-0.3, -0.25) is 4.55 Å². The Balaban J connectivity index is 2.38. The molecule has 0 saturated heterocycles. The summed E-state index contributed by atoms with van der Waals surface area (Å²) in [5, 5.41) is 0. The van der Waals surface area contributed by atoms with Crippen LogP contribution in [0.15, 0.2) is 54.6 Å². The fourth-order valence-electron chi connectivity index (χ4n) is 1.85. The molecule has 0 saturated carbocycles. The molecule has 4 nitrogen and oxygen atoms in total. The second-order valence-electron chi connectivity index (χ2n) is 5.62. The molecular weight excluding hydrogens is 415 g/mol. The Morgan fingerprint density at radius 2 is 1.41 bits per heavy atom. The van der Waals surface area contributed by atoms with Crippen molar-refractivity contribution in [2.75, 3.05) is 0 Å². The topological polar surface area (TPSA) is 63.6 Å². The SMILES string of the molecule is CC(C)(C)Oc1ccc([I+](c2ccccc2)S(=O)(=O)O)cc1. The van der Waals surface area contributed by atoms with Crippen LogP contribution in [0.2, 0.25) is 0 Å². The molecule has 2 aromatic carbocycles. The molecule has 1 N–H and O–H groups in total. The van der Waals surface area contributed by atoms with Gasteiger partial charge in [0.15, 0.2) is 7.14 Å². The van der Waals surface area contributed by atoms with Crippen LogP contribution in [0.1, 0.15) is 20.8 Å². The minimum absolute atomic E-state index is 0.317. The van der Waals surface area contributed by atoms with Gasteiger partial charge in [0.1, 0.15) is 11.4 Å². The number of halogens is 1. The molecule has 119 valence electrons. The standard InChI is InChI=1S/C16H19IO4S/c1-16(2,3)21-15-11-9-14(10-12-15)17(22(18,19)20)13-7-5-4-6-8-13/h4-12H,1-3H3,(H,18,19,20)/q+1. The average molecular weight is 434 g/mol. The quantitative estimate of drug-likeness (QED) is 0.428. The first kappa shape index (κ1) is 17.2. The van der Waals surface area contributed by atoms with Crippen LogP contribution in [-0.2, 0) is 7.29 Å². The van der Waals surface area contributed by atoms with Gasteiger partial charge < -0.3 is 4.74 Å². The average Bonchev–Trinajstić information content (AvgIpc) is 2.39. The van der Waals surface area contributed by atoms with E-state index >= 15 is 0 Å². The van der Waals surface area contributed by atoms with Gasteiger partial charge in [-0.2, -0.15) is 8.42 Å². The first-order chi connectivity index (χ1) is 10.2. The van der Waals surface area contributed by atoms with Crippen molar-refractivity contribution in [3.05, 3.63) is 61.7 Å². The summed E-state index contributed by atoms with van der Waals surface area (Å²) in [5.41, 5.74) is -0.317. The maximum Gasteiger partial charge on any atom is 0.442 e. The molecule has 0 aromatic heterocycles. The van der Waals surface area contributed by atoms with E-state index in [1.807, 2.05) is 26.8 Å². The van der Waals surface area contributed by atoms with E-state index < -0.39 is 25.7 Å². The fourth-order valence-corrected chi connectivity index (χ4v) is 10.3. The summed E-state index contributed by atoms with van der Waals surface area (Å²) in [4.78, 5) is 0. The predicted molar refractivity (Wildman–Crippen MR) is 82.2 cm³/mol. The first-order valence-corrected chi connectivity index (χ1v) is 12.8. The fraction of sp³-hybridized carbons (Fsp3) is 0.250. The maximum atomic E-state index is 11.8. The van der Waals surface area contributed by atoms with E-state index in [4.69, 9.17) is 4.74 Å². The van der Waals surface area contributed by atoms with Crippen LogP contribution in [0.4, 0.5) is 0 Å². The lowest BCUT2D eigenvalue weighted by Crippen LogP contribution is -3.87. The van der Waals surface area contributed by atoms with Crippen molar-refractivity contribution < 1.29 is 36.1 Å². The van der Waals surface area contributed by atoms with Gasteiger partial charge in [-0.1, -0.05) is 18.2 Å². The highest BCUT2D eigenvalue weighted by molar-refractivity contribution is 7.79. The molecule has 22 heavy (non-hydrogen) atoms. The second-order valence-corrected chi connectivity index (χ2v) is 15.8. The van der Waals surface area contributed by atoms with Crippen LogP contribution in [0, 0.1) is 7.14 Å². The molecule has 0 bridgehead atoms. The minimum atomic E-state index is -4.10. The third-order valence-corrected chi connectivity index (χ3v) is 12.4. The van der Waals surface area contributed by atoms with Crippen LogP contribution in [0.25, 0.3) is 0 Å². The normalized spacial score (nSPS) is 12.4. The molecule has 2 rings (SSSR count). The van der Waals surface area contributed by atoms with Gasteiger partial charge in [0, 0.05) is 0 Å². The summed E-state index contributed by atoms with van der Waals surface area (Å²) in [6.07, 6.45) is 0. The lowest BCUT2D eigenvalue weighted by Gasteiger charge is -2.21. The Bertz CT molecular complexity index is 719. The molecular formula is C16H19IO4S+. The molecule has 0 fully saturated rings. The van der Waals surface area contributed by atoms with Gasteiger partial charge in [0.2, 0.25) is 0 Å². The van der Waals surface area contributed by atoms with E-state index in [0.29, 0.717) is 12.9 Å². The smallest absolute Gasteiger partial charge is 0.442 e. The summed E-state index contributed by atoms with van der Waals surface area (Å²) in [6, 6.07) is 15.8. The third kappa shape index (κ3) is 4.69. The summed E-state index contributed by atoms with van der Waals surface area (Å²) >= 11 is -2.95. The van der Waals surface area contributed by atoms with E-state index in [9.17, 15) is 13.0 Å². The Morgan fingerprint density at radius 3 is 1.86 bits per heavy atom. The highest BCUT2D eigenvalue weighted by atomic mass is 127. The van der Waals surface area contributed by atoms with Gasteiger partial charge in [0.25, 0.3) is 18.4 Å². The molecule has 0 spiro atoms. The number of benzene rings is 2. The number of ether oxygens (including phenoxy) is 1. The largest absolute Gasteiger partial charge is 0.488 e. The van der Waals surface area contributed by atoms with Gasteiger partial charge >= 0.3 is 7.29 Å². The number of hydrogen-bond donors (Lipinski definition) is 1. The lowest BCUT2D eigenvalue weighted by atomic mass is 10.2. The van der Waals surface area contributed by atoms with Crippen LogP contribution >= 0.6 is 0 Å². The van der Waals surface area contributed by atoms with Gasteiger partial charge in [0.05, 0.1) is 0 Å². The van der Waals surface area contributed by atoms with Crippen molar-refractivity contribution in [2.24, 2.45) is 0 Å². The molecule has 1 radical (unpaired) electrons. The molecule has 0 unspecified atom stereocenters. The van der Waals surface area contributed by atoms with Gasteiger partial charge in [-0.25, -0.2) is 0 Å². The van der Waals surface area contributed by atoms with E-state index in [2.05, 4.69) is 0 Å². The Labute approximate surface area is 137 Å². The Morgan fingerprint density at radius 1 is 0.909 bits per heavy atom. The van der Waals surface area contributed by atoms with Crippen molar-refractivity contribution in [1.29, 1.82) is 0 Å². The third-order valence-electron chi connectivity index (χ3n) is 2.56. The molecule has 0 amide bonds. The molecule has 0 atom stereocenters. The molecule has 0 aliphatic heterocycles. The predicted octanol–water partition coefficient (Wildman–Crippen LogP) is 0.331. The molecule has 0 heterocycles. The van der Waals surface area contributed by atoms with Crippen LogP contribution in [0.3, 0.4) is 0 Å². The van der Waals surface area contributed by atoms with E-state index in [0.717, 1.165) is 0 Å². The minimum Gasteiger partial charge on any atom is -0.488 e. The summed E-state index contributed by atoms with van der Waals surface area (Å²) < 4.78 is 40.4. The zero-order chi connectivity index (χ0) is 16.4. The number of hydrogen-bond acceptors (Lipinski definition) is 3. The first-order valence-electron chi connectivity index (χ1n) is 6.69. The van der Waals surface area contributed by atoms with Gasteiger partial charge in [-0.05, 0) is 57.2 Å². The van der Waals surface area contributed by atoms with Crippen LogP contribution < -0.4 is 23.2 Å². The molecule has 6 heteroatoms. The van der Waals surface area contributed by atoms with Crippen molar-refractivity contribution >= 4 is 7.29 Å². The Hall–Kier alpha value is -1.12. The maximum absolute atomic E-state index is 11.8. The second kappa shape index (κ2) is 6.55. The zero-order valence-electron chi connectivity index (χ0n) is 12.7. The summed E-state index contributed by atoms with van der Waals surface area (Å²) in [7, 11) is -4.10. The van der Waals surface area contributed by atoms with Crippen LogP contribution in [-0.4, -0.2) is 18.6 Å². The molecule has 0 aliphatic rings. The summed E-state index contributed by atoms with van der Waals surface area (Å²) in [5.74, 6) is 0.676. The molecule has 2 aromatic rings.